The van der Waals surface area contributed by atoms with Gasteiger partial charge in [0.15, 0.2) is 0 Å². The molecule has 2 aromatic heterocycles. The van der Waals surface area contributed by atoms with Crippen molar-refractivity contribution in [2.24, 2.45) is 0 Å². The van der Waals surface area contributed by atoms with Gasteiger partial charge in [0, 0.05) is 4.88 Å². The molecule has 0 saturated carbocycles. The summed E-state index contributed by atoms with van der Waals surface area (Å²) in [6.07, 6.45) is 2.83. The van der Waals surface area contributed by atoms with Crippen LogP contribution in [0.25, 0.3) is 0 Å². The molecule has 8 nitrogen and oxygen atoms in total. The smallest absolute Gasteiger partial charge is 0.341 e. The molecule has 2 heterocycles. The zero-order valence-electron chi connectivity index (χ0n) is 15.9. The highest BCUT2D eigenvalue weighted by Gasteiger charge is 2.28. The number of carbonyl (C=O) groups excluding carboxylic acids is 2. The number of thiophene rings is 1. The minimum absolute atomic E-state index is 0.154. The van der Waals surface area contributed by atoms with Gasteiger partial charge >= 0.3 is 5.97 Å². The number of anilines is 1. The largest absolute Gasteiger partial charge is 0.462 e. The highest BCUT2D eigenvalue weighted by molar-refractivity contribution is 7.99. The molecular weight excluding hydrogens is 386 g/mol. The van der Waals surface area contributed by atoms with Crippen molar-refractivity contribution in [2.45, 2.75) is 57.7 Å². The number of ether oxygens (including phenoxy) is 1. The van der Waals surface area contributed by atoms with Gasteiger partial charge in [0.2, 0.25) is 11.1 Å². The number of amides is 1. The second kappa shape index (κ2) is 7.97. The molecule has 0 aromatic carbocycles. The van der Waals surface area contributed by atoms with E-state index in [0.717, 1.165) is 29.7 Å². The molecule has 0 fully saturated rings. The van der Waals surface area contributed by atoms with E-state index >= 15 is 0 Å². The molecule has 0 spiro atoms. The van der Waals surface area contributed by atoms with Gasteiger partial charge in [-0.15, -0.1) is 16.4 Å². The number of rotatable bonds is 6. The average molecular weight is 410 g/mol. The number of hydrogen-bond donors (Lipinski definition) is 1. The number of thioether (sulfide) groups is 1. The van der Waals surface area contributed by atoms with Crippen molar-refractivity contribution >= 4 is 40.0 Å². The maximum Gasteiger partial charge on any atom is 0.341 e. The van der Waals surface area contributed by atoms with Crippen LogP contribution in [0, 0.1) is 0 Å². The molecule has 0 unspecified atom stereocenters. The van der Waals surface area contributed by atoms with Crippen LogP contribution in [0.5, 0.6) is 0 Å². The van der Waals surface area contributed by atoms with Gasteiger partial charge in [0.05, 0.1) is 23.5 Å². The van der Waals surface area contributed by atoms with E-state index in [1.54, 1.807) is 11.6 Å². The Morgan fingerprint density at radius 2 is 2.11 bits per heavy atom. The molecule has 0 aliphatic heterocycles. The molecule has 0 saturated heterocycles. The van der Waals surface area contributed by atoms with Crippen LogP contribution in [-0.2, 0) is 27.9 Å². The molecule has 1 aliphatic carbocycles. The second-order valence-electron chi connectivity index (χ2n) is 7.16. The number of fused-ring (bicyclic) bond motifs is 1. The molecule has 1 N–H and O–H groups in total. The highest BCUT2D eigenvalue weighted by atomic mass is 32.2. The van der Waals surface area contributed by atoms with E-state index in [2.05, 4.69) is 20.8 Å². The van der Waals surface area contributed by atoms with E-state index in [1.165, 1.54) is 23.1 Å². The predicted octanol–water partition coefficient (Wildman–Crippen LogP) is 2.89. The number of nitrogens with one attached hydrogen (secondary N) is 1. The summed E-state index contributed by atoms with van der Waals surface area (Å²) in [5, 5.41) is 15.7. The van der Waals surface area contributed by atoms with Gasteiger partial charge in [-0.05, 0) is 62.9 Å². The summed E-state index contributed by atoms with van der Waals surface area (Å²) >= 11 is 2.74. The van der Waals surface area contributed by atoms with Crippen LogP contribution in [0.3, 0.4) is 0 Å². The molecule has 0 radical (unpaired) electrons. The minimum Gasteiger partial charge on any atom is -0.462 e. The monoisotopic (exact) mass is 409 g/mol. The molecule has 0 bridgehead atoms. The Morgan fingerprint density at radius 3 is 2.81 bits per heavy atom. The van der Waals surface area contributed by atoms with Crippen LogP contribution in [-0.4, -0.2) is 44.4 Å². The third-order valence-electron chi connectivity index (χ3n) is 4.06. The Labute approximate surface area is 166 Å². The fourth-order valence-corrected chi connectivity index (χ4v) is 5.05. The third kappa shape index (κ3) is 4.32. The minimum atomic E-state index is -0.364. The van der Waals surface area contributed by atoms with E-state index in [9.17, 15) is 9.59 Å². The first kappa shape index (κ1) is 19.8. The van der Waals surface area contributed by atoms with Crippen LogP contribution in [0.2, 0.25) is 0 Å². The summed E-state index contributed by atoms with van der Waals surface area (Å²) < 4.78 is 6.88. The topological polar surface area (TPSA) is 99.0 Å². The van der Waals surface area contributed by atoms with Crippen molar-refractivity contribution in [3.8, 4) is 0 Å². The Morgan fingerprint density at radius 1 is 1.33 bits per heavy atom. The van der Waals surface area contributed by atoms with Crippen molar-refractivity contribution < 1.29 is 14.3 Å². The number of aryl methyl sites for hydroxylation is 1. The molecule has 3 rings (SSSR count). The number of tetrazole rings is 1. The van der Waals surface area contributed by atoms with Gasteiger partial charge in [-0.1, -0.05) is 11.8 Å². The number of aromatic nitrogens is 4. The van der Waals surface area contributed by atoms with Crippen LogP contribution in [0.15, 0.2) is 5.16 Å². The number of nitrogens with zero attached hydrogens (tertiary/aromatic N) is 4. The molecule has 146 valence electrons. The molecular formula is C17H23N5O3S2. The summed E-state index contributed by atoms with van der Waals surface area (Å²) in [5.41, 5.74) is 1.28. The molecule has 1 aliphatic rings. The quantitative estimate of drug-likeness (QED) is 0.578. The summed E-state index contributed by atoms with van der Waals surface area (Å²) in [5.74, 6) is -0.410. The zero-order valence-corrected chi connectivity index (χ0v) is 17.5. The lowest BCUT2D eigenvalue weighted by Crippen LogP contribution is -2.24. The molecule has 2 aromatic rings. The summed E-state index contributed by atoms with van der Waals surface area (Å²) in [7, 11) is 0. The Balaban J connectivity index is 1.70. The maximum absolute atomic E-state index is 12.5. The lowest BCUT2D eigenvalue weighted by molar-refractivity contribution is -0.113. The fraction of sp³-hybridized carbons (Fsp3) is 0.588. The van der Waals surface area contributed by atoms with Gasteiger partial charge in [-0.3, -0.25) is 4.79 Å². The van der Waals surface area contributed by atoms with E-state index in [4.69, 9.17) is 4.74 Å². The normalized spacial score (nSPS) is 13.5. The molecule has 10 heteroatoms. The van der Waals surface area contributed by atoms with Crippen molar-refractivity contribution in [3.63, 3.8) is 0 Å². The van der Waals surface area contributed by atoms with Gasteiger partial charge in [0.1, 0.15) is 5.00 Å². The maximum atomic E-state index is 12.5. The van der Waals surface area contributed by atoms with Gasteiger partial charge in [-0.2, -0.15) is 0 Å². The Bertz CT molecular complexity index is 853. The lowest BCUT2D eigenvalue weighted by atomic mass is 10.1. The molecule has 0 atom stereocenters. The Hall–Kier alpha value is -1.94. The first-order valence-electron chi connectivity index (χ1n) is 8.84. The van der Waals surface area contributed by atoms with Crippen molar-refractivity contribution in [2.75, 3.05) is 17.7 Å². The Kier molecular flexibility index (Phi) is 5.85. The first-order valence-corrected chi connectivity index (χ1v) is 10.6. The molecule has 27 heavy (non-hydrogen) atoms. The third-order valence-corrected chi connectivity index (χ3v) is 6.19. The number of esters is 1. The van der Waals surface area contributed by atoms with E-state index in [1.807, 2.05) is 20.8 Å². The van der Waals surface area contributed by atoms with Gasteiger partial charge < -0.3 is 10.1 Å². The summed E-state index contributed by atoms with van der Waals surface area (Å²) in [6, 6.07) is 0. The number of hydrogen-bond acceptors (Lipinski definition) is 8. The number of carbonyl (C=O) groups is 2. The van der Waals surface area contributed by atoms with Crippen LogP contribution >= 0.6 is 23.1 Å². The highest BCUT2D eigenvalue weighted by Crippen LogP contribution is 2.39. The van der Waals surface area contributed by atoms with E-state index in [-0.39, 0.29) is 23.2 Å². The average Bonchev–Trinajstić information content (AvgIpc) is 3.27. The van der Waals surface area contributed by atoms with Crippen molar-refractivity contribution in [1.29, 1.82) is 0 Å². The van der Waals surface area contributed by atoms with Gasteiger partial charge in [-0.25, -0.2) is 9.48 Å². The standard InChI is InChI=1S/C17H23N5O3S2/c1-5-25-15(24)13-10-7-6-8-11(10)27-14(13)18-12(23)9-26-16-19-20-21-22(16)17(2,3)4/h5-9H2,1-4H3,(H,18,23). The lowest BCUT2D eigenvalue weighted by Gasteiger charge is -2.19. The summed E-state index contributed by atoms with van der Waals surface area (Å²) in [4.78, 5) is 26.0. The first-order chi connectivity index (χ1) is 12.8. The second-order valence-corrected chi connectivity index (χ2v) is 9.21. The molecule has 1 amide bonds. The fourth-order valence-electron chi connectivity index (χ4n) is 2.89. The van der Waals surface area contributed by atoms with Crippen molar-refractivity contribution in [1.82, 2.24) is 20.2 Å². The summed E-state index contributed by atoms with van der Waals surface area (Å²) in [6.45, 7) is 8.06. The van der Waals surface area contributed by atoms with Crippen molar-refractivity contribution in [3.05, 3.63) is 16.0 Å². The zero-order chi connectivity index (χ0) is 19.6. The van der Waals surface area contributed by atoms with Gasteiger partial charge in [0.25, 0.3) is 0 Å². The van der Waals surface area contributed by atoms with Crippen LogP contribution in [0.4, 0.5) is 5.00 Å². The van der Waals surface area contributed by atoms with Crippen LogP contribution in [0.1, 0.15) is 54.9 Å². The van der Waals surface area contributed by atoms with E-state index in [0.29, 0.717) is 22.3 Å². The SMILES string of the molecule is CCOC(=O)c1c(NC(=O)CSc2nnnn2C(C)(C)C)sc2c1CCC2. The van der Waals surface area contributed by atoms with Crippen LogP contribution < -0.4 is 5.32 Å². The predicted molar refractivity (Wildman–Crippen MR) is 104 cm³/mol. The van der Waals surface area contributed by atoms with E-state index < -0.39 is 0 Å².